The maximum absolute atomic E-state index is 11.8. The van der Waals surface area contributed by atoms with Gasteiger partial charge in [-0.1, -0.05) is 30.3 Å². The summed E-state index contributed by atoms with van der Waals surface area (Å²) in [6, 6.07) is 16.5. The van der Waals surface area contributed by atoms with E-state index in [-0.39, 0.29) is 6.61 Å². The number of amides is 2. The summed E-state index contributed by atoms with van der Waals surface area (Å²) >= 11 is 0. The van der Waals surface area contributed by atoms with Crippen LogP contribution in [0.15, 0.2) is 67.0 Å². The van der Waals surface area contributed by atoms with Crippen LogP contribution in [0.2, 0.25) is 0 Å². The molecule has 0 aliphatic rings. The van der Waals surface area contributed by atoms with Crippen LogP contribution in [0.1, 0.15) is 11.1 Å². The van der Waals surface area contributed by atoms with Gasteiger partial charge in [0.15, 0.2) is 0 Å². The number of nitrogens with zero attached hydrogens (tertiary/aromatic N) is 2. The average molecular weight is 363 g/mol. The summed E-state index contributed by atoms with van der Waals surface area (Å²) in [7, 11) is 0. The molecule has 5 N–H and O–H groups in total. The highest BCUT2D eigenvalue weighted by atomic mass is 16.5. The summed E-state index contributed by atoms with van der Waals surface area (Å²) in [5, 5.41) is 0.970. The molecule has 7 heteroatoms. The lowest BCUT2D eigenvalue weighted by Gasteiger charge is -2.21. The first-order valence-electron chi connectivity index (χ1n) is 8.37. The fourth-order valence-corrected chi connectivity index (χ4v) is 2.73. The van der Waals surface area contributed by atoms with E-state index >= 15 is 0 Å². The molecular weight excluding hydrogens is 342 g/mol. The van der Waals surface area contributed by atoms with Gasteiger partial charge in [0.1, 0.15) is 12.4 Å². The number of rotatable bonds is 5. The molecule has 0 radical (unpaired) electrons. The second kappa shape index (κ2) is 8.31. The number of aryl methyl sites for hydroxylation is 1. The first-order valence-corrected chi connectivity index (χ1v) is 8.37. The minimum absolute atomic E-state index is 0.254. The molecule has 3 rings (SSSR count). The highest BCUT2D eigenvalue weighted by Gasteiger charge is 2.16. The third kappa shape index (κ3) is 4.22. The van der Waals surface area contributed by atoms with Crippen LogP contribution in [0.4, 0.5) is 10.5 Å². The van der Waals surface area contributed by atoms with E-state index < -0.39 is 6.03 Å². The molecule has 138 valence electrons. The molecule has 0 atom stereocenters. The van der Waals surface area contributed by atoms with Crippen LogP contribution in [0.5, 0.6) is 5.75 Å². The van der Waals surface area contributed by atoms with Crippen LogP contribution >= 0.6 is 0 Å². The van der Waals surface area contributed by atoms with Crippen LogP contribution in [0.25, 0.3) is 11.1 Å². The van der Waals surface area contributed by atoms with Gasteiger partial charge in [-0.05, 0) is 42.3 Å². The number of benzene rings is 2. The number of nitrogens with one attached hydrogen (secondary N) is 1. The first kappa shape index (κ1) is 18.4. The van der Waals surface area contributed by atoms with Gasteiger partial charge < -0.3 is 4.74 Å². The van der Waals surface area contributed by atoms with Crippen molar-refractivity contribution >= 4 is 11.7 Å². The zero-order valence-corrected chi connectivity index (χ0v) is 14.9. The molecule has 0 aliphatic heterocycles. The lowest BCUT2D eigenvalue weighted by molar-refractivity contribution is 0.246. The lowest BCUT2D eigenvalue weighted by atomic mass is 10.1. The maximum atomic E-state index is 11.8. The molecule has 27 heavy (non-hydrogen) atoms. The fraction of sp³-hybridized carbons (Fsp3) is 0.100. The van der Waals surface area contributed by atoms with Crippen molar-refractivity contribution in [2.75, 3.05) is 5.01 Å². The summed E-state index contributed by atoms with van der Waals surface area (Å²) in [6.07, 6.45) is 3.54. The number of carbonyl (C=O) groups is 1. The van der Waals surface area contributed by atoms with E-state index in [2.05, 4.69) is 4.98 Å². The Labute approximate surface area is 157 Å². The number of anilines is 1. The normalized spacial score (nSPS) is 10.3. The number of pyridine rings is 1. The molecule has 7 nitrogen and oxygen atoms in total. The van der Waals surface area contributed by atoms with E-state index in [0.29, 0.717) is 11.4 Å². The SMILES string of the molecule is Cc1cccc(N(N)C(=O)NN)c1COc1cccc(-c2cccnc2)c1. The predicted octanol–water partition coefficient (Wildman–Crippen LogP) is 2.90. The zero-order valence-electron chi connectivity index (χ0n) is 14.9. The molecule has 1 heterocycles. The van der Waals surface area contributed by atoms with E-state index in [1.54, 1.807) is 18.5 Å². The van der Waals surface area contributed by atoms with E-state index in [4.69, 9.17) is 16.4 Å². The number of hydrogen-bond acceptors (Lipinski definition) is 5. The molecule has 0 unspecified atom stereocenters. The standard InChI is InChI=1S/C20H21N5O2/c1-14-5-2-9-19(25(22)20(26)24-21)18(14)13-27-17-8-3-6-15(11-17)16-7-4-10-23-12-16/h2-12H,13,21-22H2,1H3,(H,24,26). The van der Waals surface area contributed by atoms with Gasteiger partial charge in [0.05, 0.1) is 5.69 Å². The predicted molar refractivity (Wildman–Crippen MR) is 105 cm³/mol. The molecule has 0 saturated heterocycles. The minimum atomic E-state index is -0.611. The third-order valence-electron chi connectivity index (χ3n) is 4.20. The minimum Gasteiger partial charge on any atom is -0.489 e. The van der Waals surface area contributed by atoms with E-state index in [1.165, 1.54) is 0 Å². The number of nitrogens with two attached hydrogens (primary N) is 2. The van der Waals surface area contributed by atoms with Crippen molar-refractivity contribution < 1.29 is 9.53 Å². The summed E-state index contributed by atoms with van der Waals surface area (Å²) in [6.45, 7) is 2.19. The highest BCUT2D eigenvalue weighted by molar-refractivity contribution is 5.91. The second-order valence-corrected chi connectivity index (χ2v) is 5.95. The molecule has 0 aliphatic carbocycles. The van der Waals surface area contributed by atoms with Crippen LogP contribution in [-0.2, 0) is 6.61 Å². The van der Waals surface area contributed by atoms with Crippen molar-refractivity contribution in [2.24, 2.45) is 11.7 Å². The molecule has 3 aromatic rings. The van der Waals surface area contributed by atoms with Gasteiger partial charge in [-0.15, -0.1) is 0 Å². The van der Waals surface area contributed by atoms with Crippen LogP contribution in [0.3, 0.4) is 0 Å². The second-order valence-electron chi connectivity index (χ2n) is 5.95. The van der Waals surface area contributed by atoms with Crippen LogP contribution in [0, 0.1) is 6.92 Å². The lowest BCUT2D eigenvalue weighted by Crippen LogP contribution is -2.48. The molecule has 0 fully saturated rings. The molecule has 2 amide bonds. The van der Waals surface area contributed by atoms with E-state index in [9.17, 15) is 4.79 Å². The summed E-state index contributed by atoms with van der Waals surface area (Å²) in [5.74, 6) is 11.8. The van der Waals surface area contributed by atoms with Gasteiger partial charge in [0, 0.05) is 23.5 Å². The zero-order chi connectivity index (χ0) is 19.2. The van der Waals surface area contributed by atoms with Gasteiger partial charge in [0.25, 0.3) is 0 Å². The Bertz CT molecular complexity index is 931. The van der Waals surface area contributed by atoms with Crippen molar-refractivity contribution in [3.63, 3.8) is 0 Å². The number of hydrogen-bond donors (Lipinski definition) is 3. The Morgan fingerprint density at radius 2 is 1.93 bits per heavy atom. The van der Waals surface area contributed by atoms with Crippen molar-refractivity contribution in [2.45, 2.75) is 13.5 Å². The Morgan fingerprint density at radius 1 is 1.15 bits per heavy atom. The van der Waals surface area contributed by atoms with Gasteiger partial charge >= 0.3 is 6.03 Å². The molecule has 1 aromatic heterocycles. The van der Waals surface area contributed by atoms with Crippen molar-refractivity contribution in [3.05, 3.63) is 78.1 Å². The van der Waals surface area contributed by atoms with Crippen molar-refractivity contribution in [3.8, 4) is 16.9 Å². The largest absolute Gasteiger partial charge is 0.489 e. The average Bonchev–Trinajstić information content (AvgIpc) is 2.72. The highest BCUT2D eigenvalue weighted by Crippen LogP contribution is 2.27. The van der Waals surface area contributed by atoms with Crippen molar-refractivity contribution in [1.29, 1.82) is 0 Å². The Balaban J connectivity index is 1.83. The summed E-state index contributed by atoms with van der Waals surface area (Å²) < 4.78 is 5.97. The molecule has 0 spiro atoms. The number of carbonyl (C=O) groups excluding carboxylic acids is 1. The number of hydrazine groups is 2. The van der Waals surface area contributed by atoms with Crippen molar-refractivity contribution in [1.82, 2.24) is 10.4 Å². The third-order valence-corrected chi connectivity index (χ3v) is 4.20. The van der Waals surface area contributed by atoms with E-state index in [1.807, 2.05) is 60.9 Å². The van der Waals surface area contributed by atoms with Crippen LogP contribution < -0.4 is 26.9 Å². The smallest absolute Gasteiger partial charge is 0.350 e. The molecular formula is C20H21N5O2. The fourth-order valence-electron chi connectivity index (χ4n) is 2.73. The Hall–Kier alpha value is -3.42. The molecule has 0 saturated carbocycles. The van der Waals surface area contributed by atoms with Gasteiger partial charge in [-0.2, -0.15) is 0 Å². The molecule has 0 bridgehead atoms. The Kier molecular flexibility index (Phi) is 5.65. The van der Waals surface area contributed by atoms with E-state index in [0.717, 1.165) is 27.3 Å². The summed E-state index contributed by atoms with van der Waals surface area (Å²) in [5.41, 5.74) is 6.32. The van der Waals surface area contributed by atoms with Gasteiger partial charge in [0.2, 0.25) is 0 Å². The Morgan fingerprint density at radius 3 is 2.67 bits per heavy atom. The number of ether oxygens (including phenoxy) is 1. The van der Waals surface area contributed by atoms with Gasteiger partial charge in [-0.25, -0.2) is 21.5 Å². The summed E-state index contributed by atoms with van der Waals surface area (Å²) in [4.78, 5) is 15.9. The maximum Gasteiger partial charge on any atom is 0.350 e. The number of urea groups is 1. The first-order chi connectivity index (χ1) is 13.1. The quantitative estimate of drug-likeness (QED) is 0.367. The van der Waals surface area contributed by atoms with Crippen LogP contribution in [-0.4, -0.2) is 11.0 Å². The topological polar surface area (TPSA) is 106 Å². The number of aromatic nitrogens is 1. The molecule has 2 aromatic carbocycles. The van der Waals surface area contributed by atoms with Gasteiger partial charge in [-0.3, -0.25) is 10.4 Å². The monoisotopic (exact) mass is 363 g/mol.